The monoisotopic (exact) mass is 342 g/mol. The highest BCUT2D eigenvalue weighted by molar-refractivity contribution is 6.13. The number of benzene rings is 1. The quantitative estimate of drug-likeness (QED) is 0.633. The van der Waals surface area contributed by atoms with Gasteiger partial charge in [0.05, 0.1) is 20.3 Å². The molecule has 1 amide bonds. The highest BCUT2D eigenvalue weighted by atomic mass is 16.5. The Morgan fingerprint density at radius 1 is 1.16 bits per heavy atom. The number of hydrogen-bond donors (Lipinski definition) is 1. The summed E-state index contributed by atoms with van der Waals surface area (Å²) >= 11 is 0. The molecule has 0 aliphatic heterocycles. The fourth-order valence-corrected chi connectivity index (χ4v) is 2.81. The van der Waals surface area contributed by atoms with Crippen molar-refractivity contribution in [2.75, 3.05) is 19.5 Å². The molecule has 0 bridgehead atoms. The second-order valence-electron chi connectivity index (χ2n) is 5.89. The van der Waals surface area contributed by atoms with E-state index in [1.165, 1.54) is 20.3 Å². The van der Waals surface area contributed by atoms with Crippen molar-refractivity contribution in [3.05, 3.63) is 29.8 Å². The summed E-state index contributed by atoms with van der Waals surface area (Å²) in [5.74, 6) is -1.49. The van der Waals surface area contributed by atoms with E-state index < -0.39 is 17.6 Å². The second kappa shape index (κ2) is 8.88. The minimum atomic E-state index is -1.36. The average molecular weight is 342 g/mol. The molecule has 1 aliphatic rings. The molecule has 25 heavy (non-hydrogen) atoms. The Morgan fingerprint density at radius 3 is 2.44 bits per heavy atom. The van der Waals surface area contributed by atoms with Crippen LogP contribution in [-0.2, 0) is 9.59 Å². The van der Waals surface area contributed by atoms with Crippen LogP contribution in [0.25, 0.3) is 0 Å². The summed E-state index contributed by atoms with van der Waals surface area (Å²) in [6.07, 6.45) is 6.46. The van der Waals surface area contributed by atoms with Crippen LogP contribution in [0.1, 0.15) is 32.1 Å². The number of methoxy groups -OCH3 is 2. The molecule has 0 saturated heterocycles. The molecule has 0 radical (unpaired) electrons. The van der Waals surface area contributed by atoms with Gasteiger partial charge >= 0.3 is 0 Å². The van der Waals surface area contributed by atoms with E-state index in [1.54, 1.807) is 24.3 Å². The lowest BCUT2D eigenvalue weighted by Gasteiger charge is -2.14. The lowest BCUT2D eigenvalue weighted by Crippen LogP contribution is -2.27. The van der Waals surface area contributed by atoms with Crippen molar-refractivity contribution < 1.29 is 19.1 Å². The first-order chi connectivity index (χ1) is 12.1. The molecule has 1 atom stereocenters. The number of rotatable bonds is 6. The van der Waals surface area contributed by atoms with E-state index in [4.69, 9.17) is 9.47 Å². The molecule has 1 saturated carbocycles. The molecule has 132 valence electrons. The van der Waals surface area contributed by atoms with Gasteiger partial charge < -0.3 is 14.8 Å². The minimum Gasteiger partial charge on any atom is -0.493 e. The summed E-state index contributed by atoms with van der Waals surface area (Å²) in [6.45, 7) is 0. The first-order valence-corrected chi connectivity index (χ1v) is 8.25. The summed E-state index contributed by atoms with van der Waals surface area (Å²) in [7, 11) is 3.00. The summed E-state index contributed by atoms with van der Waals surface area (Å²) in [5, 5.41) is 11.8. The molecule has 1 unspecified atom stereocenters. The van der Waals surface area contributed by atoms with Gasteiger partial charge in [-0.25, -0.2) is 0 Å². The molecular formula is C19H22N2O4. The lowest BCUT2D eigenvalue weighted by atomic mass is 9.92. The van der Waals surface area contributed by atoms with Crippen molar-refractivity contribution in [2.24, 2.45) is 5.92 Å². The Labute approximate surface area is 147 Å². The van der Waals surface area contributed by atoms with E-state index >= 15 is 0 Å². The van der Waals surface area contributed by atoms with Crippen molar-refractivity contribution in [3.8, 4) is 17.6 Å². The fourth-order valence-electron chi connectivity index (χ4n) is 2.81. The van der Waals surface area contributed by atoms with Gasteiger partial charge in [0.2, 0.25) is 5.91 Å². The predicted molar refractivity (Wildman–Crippen MR) is 93.5 cm³/mol. The SMILES string of the molecule is COc1ccc(NC(=O)C(C#N)C(=O)C=C2CCCCC2)cc1OC. The minimum absolute atomic E-state index is 0.431. The fraction of sp³-hybridized carbons (Fsp3) is 0.421. The Bertz CT molecular complexity index is 711. The maximum absolute atomic E-state index is 12.3. The van der Waals surface area contributed by atoms with E-state index in [9.17, 15) is 14.9 Å². The zero-order chi connectivity index (χ0) is 18.2. The molecule has 1 aromatic carbocycles. The van der Waals surface area contributed by atoms with Gasteiger partial charge in [-0.2, -0.15) is 5.26 Å². The standard InChI is InChI=1S/C19H22N2O4/c1-24-17-9-8-14(11-18(17)25-2)21-19(23)15(12-20)16(22)10-13-6-4-3-5-7-13/h8-11,15H,3-7H2,1-2H3,(H,21,23). The van der Waals surface area contributed by atoms with Crippen LogP contribution in [0.2, 0.25) is 0 Å². The molecule has 0 aromatic heterocycles. The largest absolute Gasteiger partial charge is 0.493 e. The smallest absolute Gasteiger partial charge is 0.249 e. The number of ketones is 1. The summed E-state index contributed by atoms with van der Waals surface area (Å²) in [5.41, 5.74) is 1.46. The van der Waals surface area contributed by atoms with Gasteiger partial charge in [-0.1, -0.05) is 12.0 Å². The lowest BCUT2D eigenvalue weighted by molar-refractivity contribution is -0.126. The number of hydrogen-bond acceptors (Lipinski definition) is 5. The van der Waals surface area contributed by atoms with E-state index in [-0.39, 0.29) is 0 Å². The number of carbonyl (C=O) groups excluding carboxylic acids is 2. The zero-order valence-corrected chi connectivity index (χ0v) is 14.5. The first-order valence-electron chi connectivity index (χ1n) is 8.25. The van der Waals surface area contributed by atoms with Gasteiger partial charge in [0, 0.05) is 11.8 Å². The molecule has 6 heteroatoms. The summed E-state index contributed by atoms with van der Waals surface area (Å²) in [4.78, 5) is 24.6. The van der Waals surface area contributed by atoms with Crippen LogP contribution in [0.15, 0.2) is 29.8 Å². The van der Waals surface area contributed by atoms with E-state index in [0.717, 1.165) is 37.7 Å². The predicted octanol–water partition coefficient (Wildman–Crippen LogP) is 3.24. The number of nitriles is 1. The normalized spacial score (nSPS) is 14.8. The average Bonchev–Trinajstić information content (AvgIpc) is 2.63. The maximum Gasteiger partial charge on any atom is 0.249 e. The van der Waals surface area contributed by atoms with Crippen LogP contribution in [0.5, 0.6) is 11.5 Å². The van der Waals surface area contributed by atoms with Crippen LogP contribution >= 0.6 is 0 Å². The molecule has 1 aliphatic carbocycles. The second-order valence-corrected chi connectivity index (χ2v) is 5.89. The molecule has 2 rings (SSSR count). The molecule has 1 N–H and O–H groups in total. The van der Waals surface area contributed by atoms with Crippen molar-refractivity contribution >= 4 is 17.4 Å². The molecule has 0 spiro atoms. The van der Waals surface area contributed by atoms with Gasteiger partial charge in [-0.05, 0) is 43.9 Å². The zero-order valence-electron chi connectivity index (χ0n) is 14.5. The Hall–Kier alpha value is -2.81. The van der Waals surface area contributed by atoms with Crippen LogP contribution in [-0.4, -0.2) is 25.9 Å². The third kappa shape index (κ3) is 4.83. The van der Waals surface area contributed by atoms with Gasteiger partial charge in [0.1, 0.15) is 0 Å². The Morgan fingerprint density at radius 2 is 1.84 bits per heavy atom. The van der Waals surface area contributed by atoms with Crippen molar-refractivity contribution in [3.63, 3.8) is 0 Å². The third-order valence-electron chi connectivity index (χ3n) is 4.17. The van der Waals surface area contributed by atoms with Crippen LogP contribution in [0, 0.1) is 17.2 Å². The van der Waals surface area contributed by atoms with Gasteiger partial charge in [0.15, 0.2) is 23.2 Å². The number of anilines is 1. The molecule has 1 aromatic rings. The maximum atomic E-state index is 12.3. The molecular weight excluding hydrogens is 320 g/mol. The molecule has 6 nitrogen and oxygen atoms in total. The number of nitrogens with zero attached hydrogens (tertiary/aromatic N) is 1. The highest BCUT2D eigenvalue weighted by Gasteiger charge is 2.25. The Kier molecular flexibility index (Phi) is 6.58. The highest BCUT2D eigenvalue weighted by Crippen LogP contribution is 2.30. The first kappa shape index (κ1) is 18.5. The number of carbonyl (C=O) groups is 2. The van der Waals surface area contributed by atoms with E-state index in [0.29, 0.717) is 17.2 Å². The van der Waals surface area contributed by atoms with E-state index in [2.05, 4.69) is 5.32 Å². The van der Waals surface area contributed by atoms with Crippen LogP contribution < -0.4 is 14.8 Å². The summed E-state index contributed by atoms with van der Waals surface area (Å²) < 4.78 is 10.3. The topological polar surface area (TPSA) is 88.4 Å². The van der Waals surface area contributed by atoms with Gasteiger partial charge in [-0.3, -0.25) is 9.59 Å². The molecule has 0 heterocycles. The number of amides is 1. The molecule has 1 fully saturated rings. The van der Waals surface area contributed by atoms with E-state index in [1.807, 2.05) is 0 Å². The Balaban J connectivity index is 2.09. The van der Waals surface area contributed by atoms with Crippen LogP contribution in [0.3, 0.4) is 0 Å². The number of allylic oxidation sites excluding steroid dienone is 2. The van der Waals surface area contributed by atoms with Gasteiger partial charge in [-0.15, -0.1) is 0 Å². The van der Waals surface area contributed by atoms with Crippen molar-refractivity contribution in [1.29, 1.82) is 5.26 Å². The number of ether oxygens (including phenoxy) is 2. The van der Waals surface area contributed by atoms with Crippen molar-refractivity contribution in [2.45, 2.75) is 32.1 Å². The van der Waals surface area contributed by atoms with Gasteiger partial charge in [0.25, 0.3) is 0 Å². The number of nitrogens with one attached hydrogen (secondary N) is 1. The summed E-state index contributed by atoms with van der Waals surface area (Å²) in [6, 6.07) is 6.64. The van der Waals surface area contributed by atoms with Crippen molar-refractivity contribution in [1.82, 2.24) is 0 Å². The third-order valence-corrected chi connectivity index (χ3v) is 4.17. The van der Waals surface area contributed by atoms with Crippen LogP contribution in [0.4, 0.5) is 5.69 Å².